The summed E-state index contributed by atoms with van der Waals surface area (Å²) in [7, 11) is -2.14. The van der Waals surface area contributed by atoms with E-state index in [1.54, 1.807) is 31.4 Å². The number of amides is 2. The molecule has 0 aromatic heterocycles. The highest BCUT2D eigenvalue weighted by molar-refractivity contribution is 7.89. The van der Waals surface area contributed by atoms with Gasteiger partial charge in [0.15, 0.2) is 0 Å². The van der Waals surface area contributed by atoms with E-state index in [0.717, 1.165) is 11.1 Å². The van der Waals surface area contributed by atoms with Crippen molar-refractivity contribution in [3.05, 3.63) is 125 Å². The second-order valence-electron chi connectivity index (χ2n) is 10.4. The summed E-state index contributed by atoms with van der Waals surface area (Å²) in [6, 6.07) is 28.7. The lowest BCUT2D eigenvalue weighted by atomic mass is 10.00. The third-order valence-corrected chi connectivity index (χ3v) is 9.40. The Morgan fingerprint density at radius 1 is 0.886 bits per heavy atom. The number of para-hydroxylation sites is 1. The van der Waals surface area contributed by atoms with Crippen LogP contribution in [0, 0.1) is 6.92 Å². The summed E-state index contributed by atoms with van der Waals surface area (Å²) in [5, 5.41) is 3.00. The molecule has 2 amide bonds. The van der Waals surface area contributed by atoms with Crippen LogP contribution in [0.3, 0.4) is 0 Å². The zero-order chi connectivity index (χ0) is 31.1. The average Bonchev–Trinajstić information content (AvgIpc) is 3.07. The molecule has 1 fully saturated rings. The van der Waals surface area contributed by atoms with E-state index in [1.807, 2.05) is 61.5 Å². The fourth-order valence-corrected chi connectivity index (χ4v) is 6.42. The molecule has 1 heterocycles. The largest absolute Gasteiger partial charge is 0.497 e. The van der Waals surface area contributed by atoms with E-state index < -0.39 is 22.0 Å². The number of hydrogen-bond donors (Lipinski definition) is 1. The zero-order valence-electron chi connectivity index (χ0n) is 24.7. The summed E-state index contributed by atoms with van der Waals surface area (Å²) in [5.41, 5.74) is 3.28. The molecule has 0 spiro atoms. The summed E-state index contributed by atoms with van der Waals surface area (Å²) in [6.07, 6.45) is 0. The number of sulfonamides is 1. The van der Waals surface area contributed by atoms with Crippen LogP contribution in [0.4, 0.5) is 5.69 Å². The number of benzene rings is 4. The van der Waals surface area contributed by atoms with Crippen LogP contribution in [0.25, 0.3) is 0 Å². The van der Waals surface area contributed by atoms with E-state index in [4.69, 9.17) is 9.47 Å². The first-order valence-electron chi connectivity index (χ1n) is 14.3. The molecule has 4 aromatic rings. The topological polar surface area (TPSA) is 105 Å². The van der Waals surface area contributed by atoms with Gasteiger partial charge in [-0.3, -0.25) is 14.5 Å². The number of carbonyl (C=O) groups excluding carboxylic acids is 2. The molecule has 1 N–H and O–H groups in total. The van der Waals surface area contributed by atoms with Gasteiger partial charge in [-0.2, -0.15) is 4.31 Å². The molecule has 0 bridgehead atoms. The van der Waals surface area contributed by atoms with Crippen molar-refractivity contribution in [1.82, 2.24) is 9.62 Å². The van der Waals surface area contributed by atoms with Gasteiger partial charge in [-0.1, -0.05) is 60.2 Å². The third-order valence-electron chi connectivity index (χ3n) is 7.49. The predicted octanol–water partition coefficient (Wildman–Crippen LogP) is 4.73. The Labute approximate surface area is 258 Å². The smallest absolute Gasteiger partial charge is 0.259 e. The van der Waals surface area contributed by atoms with Crippen molar-refractivity contribution in [1.29, 1.82) is 0 Å². The molecular weight excluding hydrogens is 578 g/mol. The Kier molecular flexibility index (Phi) is 9.74. The van der Waals surface area contributed by atoms with Gasteiger partial charge in [-0.05, 0) is 66.6 Å². The number of anilines is 1. The standard InChI is InChI=1S/C34H35N3O6S/c1-25-8-12-27(13-9-25)32(33(38)35-24-26-10-16-30(42-2)17-11-26)37(29-6-4-3-5-7-29)34(39)28-14-18-31(19-15-28)44(40,41)36-20-22-43-23-21-36/h3-19,32H,20-24H2,1-2H3,(H,35,38)/t32-/m0/s1. The van der Waals surface area contributed by atoms with Crippen LogP contribution in [0.15, 0.2) is 108 Å². The Morgan fingerprint density at radius 2 is 1.52 bits per heavy atom. The summed E-state index contributed by atoms with van der Waals surface area (Å²) >= 11 is 0. The van der Waals surface area contributed by atoms with Gasteiger partial charge in [0.05, 0.1) is 25.2 Å². The first-order chi connectivity index (χ1) is 21.3. The van der Waals surface area contributed by atoms with E-state index in [2.05, 4.69) is 5.32 Å². The first kappa shape index (κ1) is 30.9. The number of aryl methyl sites for hydroxylation is 1. The fraction of sp³-hybridized carbons (Fsp3) is 0.235. The monoisotopic (exact) mass is 613 g/mol. The van der Waals surface area contributed by atoms with Crippen LogP contribution in [0.1, 0.15) is 33.1 Å². The van der Waals surface area contributed by atoms with Gasteiger partial charge in [-0.15, -0.1) is 0 Å². The fourth-order valence-electron chi connectivity index (χ4n) is 5.01. The molecule has 0 saturated carbocycles. The zero-order valence-corrected chi connectivity index (χ0v) is 25.5. The van der Waals surface area contributed by atoms with Gasteiger partial charge < -0.3 is 14.8 Å². The van der Waals surface area contributed by atoms with E-state index in [1.165, 1.54) is 33.5 Å². The van der Waals surface area contributed by atoms with E-state index in [-0.39, 0.29) is 36.0 Å². The van der Waals surface area contributed by atoms with Crippen molar-refractivity contribution < 1.29 is 27.5 Å². The molecule has 0 aliphatic carbocycles. The first-order valence-corrected chi connectivity index (χ1v) is 15.8. The van der Waals surface area contributed by atoms with Crippen molar-refractivity contribution in [3.8, 4) is 5.75 Å². The number of nitrogens with one attached hydrogen (secondary N) is 1. The molecule has 1 aliphatic heterocycles. The summed E-state index contributed by atoms with van der Waals surface area (Å²) in [6.45, 7) is 3.42. The molecule has 44 heavy (non-hydrogen) atoms. The Balaban J connectivity index is 1.49. The third kappa shape index (κ3) is 6.99. The summed E-state index contributed by atoms with van der Waals surface area (Å²) in [5.74, 6) is -0.104. The Hall–Kier alpha value is -4.51. The number of ether oxygens (including phenoxy) is 2. The molecule has 0 unspecified atom stereocenters. The summed E-state index contributed by atoms with van der Waals surface area (Å²) < 4.78 is 38.3. The number of carbonyl (C=O) groups is 2. The van der Waals surface area contributed by atoms with Crippen LogP contribution < -0.4 is 15.0 Å². The van der Waals surface area contributed by atoms with E-state index in [0.29, 0.717) is 30.2 Å². The number of methoxy groups -OCH3 is 1. The van der Waals surface area contributed by atoms with Crippen molar-refractivity contribution in [3.63, 3.8) is 0 Å². The maximum atomic E-state index is 14.3. The SMILES string of the molecule is COc1ccc(CNC(=O)[C@H](c2ccc(C)cc2)N(C(=O)c2ccc(S(=O)(=O)N3CCOCC3)cc2)c2ccccc2)cc1. The predicted molar refractivity (Wildman–Crippen MR) is 168 cm³/mol. The van der Waals surface area contributed by atoms with Crippen molar-refractivity contribution in [2.75, 3.05) is 38.3 Å². The highest BCUT2D eigenvalue weighted by atomic mass is 32.2. The number of morpholine rings is 1. The van der Waals surface area contributed by atoms with Crippen LogP contribution in [0.5, 0.6) is 5.75 Å². The van der Waals surface area contributed by atoms with Crippen LogP contribution in [-0.2, 0) is 26.1 Å². The maximum absolute atomic E-state index is 14.3. The van der Waals surface area contributed by atoms with Crippen LogP contribution in [0.2, 0.25) is 0 Å². The molecule has 1 aliphatic rings. The molecule has 10 heteroatoms. The highest BCUT2D eigenvalue weighted by Crippen LogP contribution is 2.31. The van der Waals surface area contributed by atoms with Gasteiger partial charge in [0, 0.05) is 30.9 Å². The maximum Gasteiger partial charge on any atom is 0.259 e. The molecule has 1 saturated heterocycles. The lowest BCUT2D eigenvalue weighted by Crippen LogP contribution is -2.44. The minimum Gasteiger partial charge on any atom is -0.497 e. The lowest BCUT2D eigenvalue weighted by molar-refractivity contribution is -0.122. The second kappa shape index (κ2) is 13.9. The van der Waals surface area contributed by atoms with Gasteiger partial charge >= 0.3 is 0 Å². The Bertz CT molecular complexity index is 1670. The van der Waals surface area contributed by atoms with E-state index >= 15 is 0 Å². The number of nitrogens with zero attached hydrogens (tertiary/aromatic N) is 2. The quantitative estimate of drug-likeness (QED) is 0.277. The lowest BCUT2D eigenvalue weighted by Gasteiger charge is -2.32. The van der Waals surface area contributed by atoms with Crippen molar-refractivity contribution >= 4 is 27.5 Å². The molecule has 0 radical (unpaired) electrons. The highest BCUT2D eigenvalue weighted by Gasteiger charge is 2.34. The minimum absolute atomic E-state index is 0.0922. The van der Waals surface area contributed by atoms with Gasteiger partial charge in [-0.25, -0.2) is 8.42 Å². The van der Waals surface area contributed by atoms with Gasteiger partial charge in [0.25, 0.3) is 5.91 Å². The minimum atomic E-state index is -3.74. The number of rotatable bonds is 10. The Morgan fingerprint density at radius 3 is 2.14 bits per heavy atom. The molecule has 1 atom stereocenters. The summed E-state index contributed by atoms with van der Waals surface area (Å²) in [4.78, 5) is 29.9. The molecule has 4 aromatic carbocycles. The van der Waals surface area contributed by atoms with Crippen molar-refractivity contribution in [2.45, 2.75) is 24.4 Å². The number of hydrogen-bond acceptors (Lipinski definition) is 6. The van der Waals surface area contributed by atoms with Crippen LogP contribution >= 0.6 is 0 Å². The molecule has 228 valence electrons. The molecule has 5 rings (SSSR count). The molecular formula is C34H35N3O6S. The van der Waals surface area contributed by atoms with Crippen molar-refractivity contribution in [2.24, 2.45) is 0 Å². The van der Waals surface area contributed by atoms with Gasteiger partial charge in [0.2, 0.25) is 15.9 Å². The van der Waals surface area contributed by atoms with Crippen LogP contribution in [-0.4, -0.2) is 58.0 Å². The second-order valence-corrected chi connectivity index (χ2v) is 12.4. The normalized spacial score (nSPS) is 14.4. The van der Waals surface area contributed by atoms with Gasteiger partial charge in [0.1, 0.15) is 11.8 Å². The average molecular weight is 614 g/mol. The van der Waals surface area contributed by atoms with E-state index in [9.17, 15) is 18.0 Å². The molecule has 9 nitrogen and oxygen atoms in total.